The lowest BCUT2D eigenvalue weighted by molar-refractivity contribution is -0.383. The number of carboxylic acid groups (broad SMARTS) is 1. The Kier molecular flexibility index (Phi) is 44.0. The number of ether oxygens (including phenoxy) is 10. The molecule has 28 atom stereocenters. The highest BCUT2D eigenvalue weighted by Crippen LogP contribution is 2.37. The summed E-state index contributed by atoms with van der Waals surface area (Å²) in [4.78, 5) is 51.1. The number of hydrogen-bond acceptors (Lipinski definition) is 30. The van der Waals surface area contributed by atoms with Crippen LogP contribution < -0.4 is 16.0 Å². The van der Waals surface area contributed by atoms with Crippen LogP contribution in [0.25, 0.3) is 0 Å². The summed E-state index contributed by atoms with van der Waals surface area (Å²) in [6.45, 7) is 0.591. The minimum atomic E-state index is -3.19. The summed E-state index contributed by atoms with van der Waals surface area (Å²) < 4.78 is 59.3. The first-order chi connectivity index (χ1) is 51.2. The lowest BCUT2D eigenvalue weighted by Gasteiger charge is -2.50. The van der Waals surface area contributed by atoms with Gasteiger partial charge < -0.3 is 150 Å². The van der Waals surface area contributed by atoms with Crippen molar-refractivity contribution in [3.63, 3.8) is 0 Å². The highest BCUT2D eigenvalue weighted by Gasteiger charge is 2.58. The van der Waals surface area contributed by atoms with E-state index < -0.39 is 235 Å². The molecular weight excluding hydrogens is 1410 g/mol. The largest absolute Gasteiger partial charge is 0.477 e. The standard InChI is InChI=1S/C73H131N3O31/c1-5-7-9-11-13-15-17-19-20-22-24-26-28-30-32-34-52(86)76-44(45(83)33-31-29-27-25-23-21-18-16-14-12-10-8-6-2)40-99-69-61(93)59(91)63(50(38-79)102-69)104-71-62(94)67(98-41-47(85)55(87)66-53(74-42(3)81)46(84)35-73(97,107-66)72(95)96)64(51(39-80)103-71)105-68-54(75-43(4)82)65(57(89)49(37-78)100-68)106-70-60(92)58(90)56(88)48(36-77)101-70/h31,33,44-51,53-71,77-80,83-85,87-94,97H,5-30,32,34-41H2,1-4H3,(H,74,81)(H,75,82)(H,76,86)(H,95,96)/b33-31+/t44?,45?,46-,47+,48+,49+,50+,51+,53+,54+,55-,56-,57-,58-,59+,60+,61+,62+,63+,64-,65+,66+,67+,68-,69+,70-,71-,73-/m0/s1. The van der Waals surface area contributed by atoms with E-state index in [9.17, 15) is 106 Å². The first-order valence-electron chi connectivity index (χ1n) is 39.1. The van der Waals surface area contributed by atoms with Gasteiger partial charge in [0.15, 0.2) is 25.2 Å². The number of carbonyl (C=O) groups is 4. The van der Waals surface area contributed by atoms with Gasteiger partial charge in [0.25, 0.3) is 5.79 Å². The van der Waals surface area contributed by atoms with Crippen LogP contribution in [0.1, 0.15) is 214 Å². The number of carbonyl (C=O) groups excluding carboxylic acids is 3. The van der Waals surface area contributed by atoms with Crippen LogP contribution >= 0.6 is 0 Å². The van der Waals surface area contributed by atoms with Gasteiger partial charge in [-0.05, 0) is 19.3 Å². The predicted octanol–water partition coefficient (Wildman–Crippen LogP) is -1.04. The molecule has 0 saturated carbocycles. The highest BCUT2D eigenvalue weighted by molar-refractivity contribution is 5.77. The minimum absolute atomic E-state index is 0.148. The quantitative estimate of drug-likeness (QED) is 0.0255. The average Bonchev–Trinajstić information content (AvgIpc) is 0.793. The van der Waals surface area contributed by atoms with Crippen molar-refractivity contribution in [1.82, 2.24) is 16.0 Å². The van der Waals surface area contributed by atoms with Crippen LogP contribution in [0, 0.1) is 0 Å². The Hall–Kier alpha value is -3.42. The van der Waals surface area contributed by atoms with Crippen molar-refractivity contribution in [3.05, 3.63) is 12.2 Å². The summed E-state index contributed by atoms with van der Waals surface area (Å²) in [5.41, 5.74) is 0. The number of allylic oxidation sites excluding steroid dienone is 1. The topological polar surface area (TPSA) is 541 Å². The molecule has 2 unspecified atom stereocenters. The van der Waals surface area contributed by atoms with Gasteiger partial charge in [0, 0.05) is 26.7 Å². The number of aliphatic hydroxyl groups is 16. The van der Waals surface area contributed by atoms with Crippen molar-refractivity contribution < 1.29 is 153 Å². The Labute approximate surface area is 627 Å². The lowest BCUT2D eigenvalue weighted by Crippen LogP contribution is -2.70. The van der Waals surface area contributed by atoms with Gasteiger partial charge in [-0.3, -0.25) is 14.4 Å². The van der Waals surface area contributed by atoms with E-state index in [4.69, 9.17) is 47.4 Å². The van der Waals surface area contributed by atoms with Crippen molar-refractivity contribution in [2.24, 2.45) is 0 Å². The van der Waals surface area contributed by atoms with Crippen molar-refractivity contribution in [1.29, 1.82) is 0 Å². The molecular formula is C73H131N3O31. The van der Waals surface area contributed by atoms with Crippen LogP contribution in [0.3, 0.4) is 0 Å². The molecule has 0 radical (unpaired) electrons. The third kappa shape index (κ3) is 29.8. The monoisotopic (exact) mass is 1550 g/mol. The SMILES string of the molecule is CCCCCCCCCCCCC/C=C/C(O)C(CO[C@@H]1O[C@H](CO)[C@@H](O[C@@H]2O[C@H](CO)[C@H](O[C@@H]3O[C@H](CO)[C@H](O)[C@H](O[C@@H]4O[C@H](CO)[C@H](O)[C@H](O)[C@H]4O)[C@H]3NC(C)=O)[C@H](OC[C@@H](O)[C@H](O)[C@@H]3O[C@](O)(C(=O)O)C[C@H](O)[C@H]3NC(C)=O)[C@H]2O)[C@H](O)[C@H]1O)NC(=O)CCCCCCCCCCCCCCCCC. The maximum absolute atomic E-state index is 13.6. The van der Waals surface area contributed by atoms with Crippen molar-refractivity contribution in [2.75, 3.05) is 39.6 Å². The number of rotatable bonds is 52. The van der Waals surface area contributed by atoms with Crippen LogP contribution in [0.2, 0.25) is 0 Å². The molecule has 107 heavy (non-hydrogen) atoms. The number of hydrogen-bond donors (Lipinski definition) is 20. The lowest BCUT2D eigenvalue weighted by atomic mass is 9.88. The zero-order chi connectivity index (χ0) is 78.8. The maximum atomic E-state index is 13.6. The molecule has 5 rings (SSSR count). The van der Waals surface area contributed by atoms with E-state index in [0.29, 0.717) is 12.8 Å². The summed E-state index contributed by atoms with van der Waals surface area (Å²) in [6, 6.07) is -4.64. The average molecular weight is 1550 g/mol. The van der Waals surface area contributed by atoms with Crippen LogP contribution in [-0.2, 0) is 66.5 Å². The Morgan fingerprint density at radius 3 is 1.44 bits per heavy atom. The maximum Gasteiger partial charge on any atom is 0.364 e. The minimum Gasteiger partial charge on any atom is -0.477 e. The Morgan fingerprint density at radius 2 is 0.916 bits per heavy atom. The summed E-state index contributed by atoms with van der Waals surface area (Å²) >= 11 is 0. The van der Waals surface area contributed by atoms with Gasteiger partial charge in [-0.1, -0.05) is 180 Å². The van der Waals surface area contributed by atoms with Gasteiger partial charge in [-0.15, -0.1) is 0 Å². The molecule has 5 fully saturated rings. The fraction of sp³-hybridized carbons (Fsp3) is 0.918. The molecule has 0 spiro atoms. The van der Waals surface area contributed by atoms with Crippen molar-refractivity contribution in [2.45, 2.75) is 385 Å². The number of aliphatic hydroxyl groups excluding tert-OH is 15. The van der Waals surface area contributed by atoms with E-state index in [1.807, 2.05) is 6.08 Å². The Morgan fingerprint density at radius 1 is 0.477 bits per heavy atom. The van der Waals surface area contributed by atoms with E-state index in [-0.39, 0.29) is 12.3 Å². The third-order valence-corrected chi connectivity index (χ3v) is 20.6. The smallest absolute Gasteiger partial charge is 0.364 e. The molecule has 5 aliphatic rings. The van der Waals surface area contributed by atoms with Crippen LogP contribution in [0.5, 0.6) is 0 Å². The molecule has 0 aromatic carbocycles. The van der Waals surface area contributed by atoms with Crippen LogP contribution in [0.15, 0.2) is 12.2 Å². The molecule has 0 aliphatic carbocycles. The fourth-order valence-electron chi connectivity index (χ4n) is 14.2. The van der Waals surface area contributed by atoms with Crippen LogP contribution in [0.4, 0.5) is 0 Å². The summed E-state index contributed by atoms with van der Waals surface area (Å²) in [6.07, 6.45) is -14.5. The molecule has 0 aromatic rings. The zero-order valence-corrected chi connectivity index (χ0v) is 62.8. The van der Waals surface area contributed by atoms with E-state index in [2.05, 4.69) is 29.8 Å². The first kappa shape index (κ1) is 94.2. The highest BCUT2D eigenvalue weighted by atomic mass is 16.8. The molecule has 0 bridgehead atoms. The molecule has 624 valence electrons. The summed E-state index contributed by atoms with van der Waals surface area (Å²) in [5, 5.41) is 196. The third-order valence-electron chi connectivity index (χ3n) is 20.6. The first-order valence-corrected chi connectivity index (χ1v) is 39.1. The Bertz CT molecular complexity index is 2500. The van der Waals surface area contributed by atoms with E-state index in [1.165, 1.54) is 109 Å². The molecule has 34 nitrogen and oxygen atoms in total. The number of unbranched alkanes of at least 4 members (excludes halogenated alkanes) is 25. The normalized spacial score (nSPS) is 34.6. The second-order valence-electron chi connectivity index (χ2n) is 29.3. The second kappa shape index (κ2) is 49.9. The predicted molar refractivity (Wildman–Crippen MR) is 378 cm³/mol. The Balaban J connectivity index is 1.36. The molecule has 5 heterocycles. The number of amides is 3. The van der Waals surface area contributed by atoms with Gasteiger partial charge >= 0.3 is 5.97 Å². The van der Waals surface area contributed by atoms with E-state index >= 15 is 0 Å². The summed E-state index contributed by atoms with van der Waals surface area (Å²) in [7, 11) is 0. The van der Waals surface area contributed by atoms with Gasteiger partial charge in [-0.2, -0.15) is 0 Å². The number of carboxylic acids is 1. The summed E-state index contributed by atoms with van der Waals surface area (Å²) in [5.74, 6) is -7.31. The van der Waals surface area contributed by atoms with Gasteiger partial charge in [0.2, 0.25) is 17.7 Å². The molecule has 5 aliphatic heterocycles. The fourth-order valence-corrected chi connectivity index (χ4v) is 14.2. The van der Waals surface area contributed by atoms with Crippen molar-refractivity contribution in [3.8, 4) is 0 Å². The number of nitrogens with one attached hydrogen (secondary N) is 3. The molecule has 20 N–H and O–H groups in total. The van der Waals surface area contributed by atoms with E-state index in [1.54, 1.807) is 6.08 Å². The van der Waals surface area contributed by atoms with Gasteiger partial charge in [0.1, 0.15) is 116 Å². The number of aliphatic carboxylic acids is 1. The second-order valence-corrected chi connectivity index (χ2v) is 29.3. The molecule has 0 aromatic heterocycles. The molecule has 5 saturated heterocycles. The van der Waals surface area contributed by atoms with Crippen LogP contribution in [-0.4, -0.2) is 321 Å². The van der Waals surface area contributed by atoms with Gasteiger partial charge in [0.05, 0.1) is 63.9 Å². The van der Waals surface area contributed by atoms with Crippen molar-refractivity contribution >= 4 is 23.7 Å². The van der Waals surface area contributed by atoms with E-state index in [0.717, 1.165) is 65.2 Å². The zero-order valence-electron chi connectivity index (χ0n) is 62.8. The molecule has 34 heteroatoms. The molecule has 3 amide bonds. The van der Waals surface area contributed by atoms with Gasteiger partial charge in [-0.25, -0.2) is 4.79 Å².